The van der Waals surface area contributed by atoms with E-state index in [1.165, 1.54) is 11.1 Å². The van der Waals surface area contributed by atoms with Gasteiger partial charge in [-0.15, -0.1) is 0 Å². The highest BCUT2D eigenvalue weighted by molar-refractivity contribution is 6.30. The van der Waals surface area contributed by atoms with Crippen LogP contribution in [0, 0.1) is 0 Å². The number of para-hydroxylation sites is 1. The zero-order chi connectivity index (χ0) is 15.5. The van der Waals surface area contributed by atoms with Gasteiger partial charge in [-0.1, -0.05) is 43.6 Å². The van der Waals surface area contributed by atoms with Gasteiger partial charge < -0.3 is 9.64 Å². The molecule has 0 radical (unpaired) electrons. The van der Waals surface area contributed by atoms with Gasteiger partial charge >= 0.3 is 0 Å². The van der Waals surface area contributed by atoms with Gasteiger partial charge in [-0.2, -0.15) is 0 Å². The van der Waals surface area contributed by atoms with Gasteiger partial charge in [0.15, 0.2) is 0 Å². The molecule has 0 N–H and O–H groups in total. The number of likely N-dealkylation sites (tertiary alicyclic amines) is 1. The second-order valence-corrected chi connectivity index (χ2v) is 7.51. The second kappa shape index (κ2) is 4.50. The van der Waals surface area contributed by atoms with Crippen molar-refractivity contribution in [2.75, 3.05) is 20.1 Å². The normalized spacial score (nSPS) is 30.0. The number of benzene rings is 2. The lowest BCUT2D eigenvalue weighted by atomic mass is 9.61. The molecule has 0 spiro atoms. The van der Waals surface area contributed by atoms with E-state index in [1.807, 2.05) is 18.2 Å². The molecule has 2 aromatic carbocycles. The van der Waals surface area contributed by atoms with E-state index in [9.17, 15) is 0 Å². The first-order valence-electron chi connectivity index (χ1n) is 7.70. The van der Waals surface area contributed by atoms with Crippen LogP contribution in [0.4, 0.5) is 0 Å². The molecule has 2 aliphatic heterocycles. The predicted molar refractivity (Wildman–Crippen MR) is 90.2 cm³/mol. The summed E-state index contributed by atoms with van der Waals surface area (Å²) in [5.41, 5.74) is 2.46. The Balaban J connectivity index is 2.07. The van der Waals surface area contributed by atoms with Crippen LogP contribution in [-0.2, 0) is 10.8 Å². The van der Waals surface area contributed by atoms with Crippen LogP contribution in [-0.4, -0.2) is 25.0 Å². The largest absolute Gasteiger partial charge is 0.457 e. The molecule has 0 bridgehead atoms. The molecule has 2 aliphatic rings. The molecule has 1 saturated heterocycles. The molecule has 2 aromatic rings. The van der Waals surface area contributed by atoms with Gasteiger partial charge in [-0.25, -0.2) is 0 Å². The van der Waals surface area contributed by atoms with Gasteiger partial charge in [-0.05, 0) is 31.3 Å². The summed E-state index contributed by atoms with van der Waals surface area (Å²) in [6.07, 6.45) is 0. The van der Waals surface area contributed by atoms with Gasteiger partial charge in [0.1, 0.15) is 11.5 Å². The van der Waals surface area contributed by atoms with Gasteiger partial charge in [0.05, 0.1) is 0 Å². The summed E-state index contributed by atoms with van der Waals surface area (Å²) >= 11 is 6.31. The summed E-state index contributed by atoms with van der Waals surface area (Å²) in [5.74, 6) is 1.89. The monoisotopic (exact) mass is 313 g/mol. The van der Waals surface area contributed by atoms with Crippen LogP contribution in [0.25, 0.3) is 0 Å². The molecule has 0 saturated carbocycles. The first-order valence-corrected chi connectivity index (χ1v) is 8.08. The molecule has 0 amide bonds. The standard InChI is InChI=1S/C19H20ClNO/c1-18-11-21(3)12-19(18,2)15-10-13(20)8-9-17(15)22-16-7-5-4-6-14(16)18/h4-10H,11-12H2,1-3H3/t18-,19-/m1/s1. The fourth-order valence-electron chi connectivity index (χ4n) is 4.40. The minimum atomic E-state index is -0.0331. The van der Waals surface area contributed by atoms with Gasteiger partial charge in [-0.3, -0.25) is 0 Å². The maximum absolute atomic E-state index is 6.31. The highest BCUT2D eigenvalue weighted by Gasteiger charge is 2.56. The smallest absolute Gasteiger partial charge is 0.131 e. The third kappa shape index (κ3) is 1.71. The van der Waals surface area contributed by atoms with Crippen molar-refractivity contribution in [2.24, 2.45) is 0 Å². The topological polar surface area (TPSA) is 12.5 Å². The Bertz CT molecular complexity index is 759. The van der Waals surface area contributed by atoms with E-state index in [4.69, 9.17) is 16.3 Å². The van der Waals surface area contributed by atoms with Crippen molar-refractivity contribution in [3.63, 3.8) is 0 Å². The van der Waals surface area contributed by atoms with Crippen molar-refractivity contribution < 1.29 is 4.74 Å². The van der Waals surface area contributed by atoms with Crippen molar-refractivity contribution in [3.05, 3.63) is 58.6 Å². The Morgan fingerprint density at radius 3 is 2.36 bits per heavy atom. The molecule has 2 atom stereocenters. The average molecular weight is 314 g/mol. The summed E-state index contributed by atoms with van der Waals surface area (Å²) in [6.45, 7) is 6.70. The number of ether oxygens (including phenoxy) is 1. The highest BCUT2D eigenvalue weighted by Crippen LogP contribution is 2.56. The number of nitrogens with zero attached hydrogens (tertiary/aromatic N) is 1. The molecule has 2 nitrogen and oxygen atoms in total. The Kier molecular flexibility index (Phi) is 2.88. The average Bonchev–Trinajstić information content (AvgIpc) is 2.68. The fourth-order valence-corrected chi connectivity index (χ4v) is 4.57. The molecular formula is C19H20ClNO. The molecule has 0 aromatic heterocycles. The maximum Gasteiger partial charge on any atom is 0.131 e. The van der Waals surface area contributed by atoms with Crippen LogP contribution in [0.3, 0.4) is 0 Å². The fraction of sp³-hybridized carbons (Fsp3) is 0.368. The van der Waals surface area contributed by atoms with Gasteiger partial charge in [0, 0.05) is 40.1 Å². The van der Waals surface area contributed by atoms with Crippen LogP contribution in [0.2, 0.25) is 5.02 Å². The number of rotatable bonds is 0. The van der Waals surface area contributed by atoms with Crippen LogP contribution < -0.4 is 4.74 Å². The molecule has 2 heterocycles. The van der Waals surface area contributed by atoms with Crippen LogP contribution in [0.1, 0.15) is 25.0 Å². The first kappa shape index (κ1) is 14.1. The molecule has 114 valence electrons. The number of halogens is 1. The van der Waals surface area contributed by atoms with Crippen molar-refractivity contribution in [3.8, 4) is 11.5 Å². The zero-order valence-corrected chi connectivity index (χ0v) is 13.9. The third-order valence-electron chi connectivity index (χ3n) is 5.63. The van der Waals surface area contributed by atoms with E-state index in [0.717, 1.165) is 29.6 Å². The first-order chi connectivity index (χ1) is 10.4. The minimum absolute atomic E-state index is 0.00568. The molecule has 0 unspecified atom stereocenters. The quantitative estimate of drug-likeness (QED) is 0.704. The summed E-state index contributed by atoms with van der Waals surface area (Å²) in [4.78, 5) is 2.41. The molecule has 3 heteroatoms. The van der Waals surface area contributed by atoms with E-state index in [0.29, 0.717) is 0 Å². The molecule has 22 heavy (non-hydrogen) atoms. The molecule has 4 rings (SSSR count). The Morgan fingerprint density at radius 1 is 0.955 bits per heavy atom. The lowest BCUT2D eigenvalue weighted by Crippen LogP contribution is -2.43. The van der Waals surface area contributed by atoms with Crippen LogP contribution in [0.5, 0.6) is 11.5 Å². The van der Waals surface area contributed by atoms with Gasteiger partial charge in [0.25, 0.3) is 0 Å². The van der Waals surface area contributed by atoms with Crippen molar-refractivity contribution in [1.82, 2.24) is 4.90 Å². The summed E-state index contributed by atoms with van der Waals surface area (Å²) < 4.78 is 6.28. The number of likely N-dealkylation sites (N-methyl/N-ethyl adjacent to an activating group) is 1. The van der Waals surface area contributed by atoms with E-state index in [-0.39, 0.29) is 10.8 Å². The van der Waals surface area contributed by atoms with E-state index in [1.54, 1.807) is 0 Å². The summed E-state index contributed by atoms with van der Waals surface area (Å²) in [5, 5.41) is 0.770. The van der Waals surface area contributed by atoms with E-state index < -0.39 is 0 Å². The van der Waals surface area contributed by atoms with Crippen molar-refractivity contribution in [1.29, 1.82) is 0 Å². The third-order valence-corrected chi connectivity index (χ3v) is 5.86. The zero-order valence-electron chi connectivity index (χ0n) is 13.2. The van der Waals surface area contributed by atoms with Crippen molar-refractivity contribution in [2.45, 2.75) is 24.7 Å². The van der Waals surface area contributed by atoms with E-state index in [2.05, 4.69) is 50.1 Å². The highest BCUT2D eigenvalue weighted by atomic mass is 35.5. The lowest BCUT2D eigenvalue weighted by molar-refractivity contribution is 0.336. The second-order valence-electron chi connectivity index (χ2n) is 7.08. The van der Waals surface area contributed by atoms with Gasteiger partial charge in [0.2, 0.25) is 0 Å². The molecular weight excluding hydrogens is 294 g/mol. The minimum Gasteiger partial charge on any atom is -0.457 e. The summed E-state index contributed by atoms with van der Waals surface area (Å²) in [7, 11) is 2.19. The predicted octanol–water partition coefficient (Wildman–Crippen LogP) is 4.61. The Hall–Kier alpha value is -1.51. The Morgan fingerprint density at radius 2 is 1.59 bits per heavy atom. The number of fused-ring (bicyclic) bond motifs is 5. The SMILES string of the molecule is CN1C[C@]2(C)c3ccccc3Oc3ccc(Cl)cc3[C@@]2(C)C1. The molecule has 0 aliphatic carbocycles. The van der Waals surface area contributed by atoms with Crippen LogP contribution in [0.15, 0.2) is 42.5 Å². The Labute approximate surface area is 136 Å². The molecule has 1 fully saturated rings. The summed E-state index contributed by atoms with van der Waals surface area (Å²) in [6, 6.07) is 14.4. The number of hydrogen-bond donors (Lipinski definition) is 0. The number of hydrogen-bond acceptors (Lipinski definition) is 2. The van der Waals surface area contributed by atoms with Crippen LogP contribution >= 0.6 is 11.6 Å². The maximum atomic E-state index is 6.31. The lowest BCUT2D eigenvalue weighted by Gasteiger charge is -2.39. The van der Waals surface area contributed by atoms with E-state index >= 15 is 0 Å². The van der Waals surface area contributed by atoms with Crippen molar-refractivity contribution >= 4 is 11.6 Å².